The number of carbonyl (C=O) groups excluding carboxylic acids is 1. The summed E-state index contributed by atoms with van der Waals surface area (Å²) in [5, 5.41) is 3.09. The van der Waals surface area contributed by atoms with Crippen LogP contribution in [0.1, 0.15) is 31.4 Å². The van der Waals surface area contributed by atoms with E-state index >= 15 is 0 Å². The molecule has 136 valence electrons. The molecule has 9 heteroatoms. The van der Waals surface area contributed by atoms with Crippen LogP contribution in [-0.2, 0) is 9.36 Å². The van der Waals surface area contributed by atoms with Crippen molar-refractivity contribution in [2.45, 2.75) is 25.7 Å². The van der Waals surface area contributed by atoms with Gasteiger partial charge < -0.3 is 19.7 Å². The lowest BCUT2D eigenvalue weighted by Crippen LogP contribution is -2.32. The van der Waals surface area contributed by atoms with Gasteiger partial charge in [0.25, 0.3) is 0 Å². The Kier molecular flexibility index (Phi) is 5.15. The number of carbonyl (C=O) groups is 1. The fraction of sp³-hybridized carbons (Fsp3) is 0.438. The number of phosphoric ester groups is 1. The van der Waals surface area contributed by atoms with Crippen LogP contribution in [0.5, 0.6) is 5.75 Å². The van der Waals surface area contributed by atoms with Crippen molar-refractivity contribution < 1.29 is 23.7 Å². The number of likely N-dealkylation sites (tertiary alicyclic amines) is 1. The Labute approximate surface area is 145 Å². The predicted molar refractivity (Wildman–Crippen MR) is 94.7 cm³/mol. The number of amides is 1. The van der Waals surface area contributed by atoms with Crippen molar-refractivity contribution in [2.75, 3.05) is 25.0 Å². The summed E-state index contributed by atoms with van der Waals surface area (Å²) in [5.41, 5.74) is 1.95. The van der Waals surface area contributed by atoms with Gasteiger partial charge in [0.1, 0.15) is 0 Å². The minimum atomic E-state index is -4.71. The number of H-pyrrole nitrogens is 1. The number of rotatable bonds is 6. The van der Waals surface area contributed by atoms with Gasteiger partial charge in [-0.1, -0.05) is 6.92 Å². The molecule has 1 saturated heterocycles. The molecule has 1 amide bonds. The van der Waals surface area contributed by atoms with Gasteiger partial charge >= 0.3 is 7.82 Å². The average Bonchev–Trinajstić information content (AvgIpc) is 2.92. The molecule has 1 fully saturated rings. The van der Waals surface area contributed by atoms with Crippen molar-refractivity contribution in [1.82, 2.24) is 9.88 Å². The van der Waals surface area contributed by atoms with Crippen LogP contribution in [0.25, 0.3) is 10.9 Å². The van der Waals surface area contributed by atoms with Crippen LogP contribution in [0.3, 0.4) is 0 Å². The number of fused-ring (bicyclic) bond motifs is 1. The second-order valence-corrected chi connectivity index (χ2v) is 7.34. The molecule has 0 radical (unpaired) electrons. The van der Waals surface area contributed by atoms with E-state index < -0.39 is 7.82 Å². The van der Waals surface area contributed by atoms with Crippen LogP contribution in [0, 0.1) is 0 Å². The molecule has 8 nitrogen and oxygen atoms in total. The predicted octanol–water partition coefficient (Wildman–Crippen LogP) is 2.41. The maximum Gasteiger partial charge on any atom is 0.524 e. The highest BCUT2D eigenvalue weighted by Crippen LogP contribution is 2.47. The van der Waals surface area contributed by atoms with Crippen LogP contribution in [-0.4, -0.2) is 45.7 Å². The van der Waals surface area contributed by atoms with Gasteiger partial charge in [-0.25, -0.2) is 4.57 Å². The molecular weight excluding hydrogens is 345 g/mol. The van der Waals surface area contributed by atoms with Crippen molar-refractivity contribution in [3.8, 4) is 5.75 Å². The smallest absolute Gasteiger partial charge is 0.402 e. The number of nitrogens with zero attached hydrogens (tertiary/aromatic N) is 1. The molecule has 25 heavy (non-hydrogen) atoms. The van der Waals surface area contributed by atoms with Crippen molar-refractivity contribution in [1.29, 1.82) is 0 Å². The van der Waals surface area contributed by atoms with Gasteiger partial charge in [0.15, 0.2) is 5.75 Å². The number of aromatic nitrogens is 1. The number of hydrogen-bond acceptors (Lipinski definition) is 4. The summed E-state index contributed by atoms with van der Waals surface area (Å²) < 4.78 is 16.5. The SMILES string of the molecule is CCN1CCC(c2[nH]c3ccc(NC=O)cc3c2OP(=O)(O)O)CC1. The number of nitrogens with one attached hydrogen (secondary N) is 2. The summed E-state index contributed by atoms with van der Waals surface area (Å²) in [5.74, 6) is 0.312. The van der Waals surface area contributed by atoms with Crippen LogP contribution in [0.15, 0.2) is 18.2 Å². The fourth-order valence-corrected chi connectivity index (χ4v) is 3.82. The molecule has 4 N–H and O–H groups in total. The van der Waals surface area contributed by atoms with Gasteiger partial charge in [0, 0.05) is 22.5 Å². The highest BCUT2D eigenvalue weighted by atomic mass is 31.2. The lowest BCUT2D eigenvalue weighted by Gasteiger charge is -2.31. The second kappa shape index (κ2) is 7.17. The topological polar surface area (TPSA) is 115 Å². The number of phosphoric acid groups is 1. The van der Waals surface area contributed by atoms with E-state index in [1.165, 1.54) is 0 Å². The van der Waals surface area contributed by atoms with Crippen molar-refractivity contribution >= 4 is 30.8 Å². The van der Waals surface area contributed by atoms with Crippen LogP contribution >= 0.6 is 7.82 Å². The van der Waals surface area contributed by atoms with Gasteiger partial charge in [-0.3, -0.25) is 14.6 Å². The Balaban J connectivity index is 2.02. The molecule has 0 saturated carbocycles. The molecule has 1 aromatic carbocycles. The molecule has 1 aliphatic rings. The molecule has 0 unspecified atom stereocenters. The molecule has 0 aliphatic carbocycles. The van der Waals surface area contributed by atoms with E-state index in [2.05, 4.69) is 22.1 Å². The highest BCUT2D eigenvalue weighted by Gasteiger charge is 2.29. The quantitative estimate of drug-likeness (QED) is 0.460. The van der Waals surface area contributed by atoms with Gasteiger partial charge in [0.2, 0.25) is 6.41 Å². The maximum atomic E-state index is 11.5. The fourth-order valence-electron chi connectivity index (χ4n) is 3.39. The first-order valence-electron chi connectivity index (χ1n) is 8.24. The number of piperidine rings is 1. The maximum absolute atomic E-state index is 11.5. The first-order chi connectivity index (χ1) is 11.9. The Morgan fingerprint density at radius 3 is 2.72 bits per heavy atom. The molecule has 1 aromatic heterocycles. The summed E-state index contributed by atoms with van der Waals surface area (Å²) in [6.07, 6.45) is 2.33. The average molecular weight is 367 g/mol. The molecule has 0 spiro atoms. The second-order valence-electron chi connectivity index (χ2n) is 6.18. The number of aromatic amines is 1. The lowest BCUT2D eigenvalue weighted by atomic mass is 9.93. The van der Waals surface area contributed by atoms with E-state index in [-0.39, 0.29) is 11.7 Å². The summed E-state index contributed by atoms with van der Waals surface area (Å²) in [7, 11) is -4.71. The van der Waals surface area contributed by atoms with Crippen LogP contribution in [0.4, 0.5) is 5.69 Å². The first kappa shape index (κ1) is 17.9. The third kappa shape index (κ3) is 4.04. The van der Waals surface area contributed by atoms with E-state index in [9.17, 15) is 19.1 Å². The summed E-state index contributed by atoms with van der Waals surface area (Å²) in [6.45, 7) is 4.98. The van der Waals surface area contributed by atoms with E-state index in [0.29, 0.717) is 28.7 Å². The molecule has 0 atom stereocenters. The molecule has 0 bridgehead atoms. The largest absolute Gasteiger partial charge is 0.524 e. The van der Waals surface area contributed by atoms with Crippen molar-refractivity contribution in [3.63, 3.8) is 0 Å². The monoisotopic (exact) mass is 367 g/mol. The third-order valence-electron chi connectivity index (χ3n) is 4.66. The van der Waals surface area contributed by atoms with Crippen LogP contribution in [0.2, 0.25) is 0 Å². The third-order valence-corrected chi connectivity index (χ3v) is 5.08. The zero-order valence-electron chi connectivity index (χ0n) is 13.9. The van der Waals surface area contributed by atoms with E-state index in [0.717, 1.165) is 32.5 Å². The van der Waals surface area contributed by atoms with Crippen molar-refractivity contribution in [3.05, 3.63) is 23.9 Å². The summed E-state index contributed by atoms with van der Waals surface area (Å²) in [4.78, 5) is 34.9. The Hall–Kier alpha value is -1.86. The Morgan fingerprint density at radius 2 is 2.12 bits per heavy atom. The van der Waals surface area contributed by atoms with E-state index in [1.54, 1.807) is 18.2 Å². The zero-order chi connectivity index (χ0) is 18.0. The number of anilines is 1. The molecule has 2 heterocycles. The van der Waals surface area contributed by atoms with E-state index in [1.807, 2.05) is 0 Å². The minimum Gasteiger partial charge on any atom is -0.402 e. The molecule has 1 aliphatic heterocycles. The standard InChI is InChI=1S/C16H22N3O5P/c1-2-19-7-5-11(6-8-19)15-16(24-25(21,22)23)13-9-12(17-10-20)3-4-14(13)18-15/h3-4,9-11,18H,2,5-8H2,1H3,(H,17,20)(H2,21,22,23). The van der Waals surface area contributed by atoms with Gasteiger partial charge in [-0.15, -0.1) is 0 Å². The summed E-state index contributed by atoms with van der Waals surface area (Å²) >= 11 is 0. The summed E-state index contributed by atoms with van der Waals surface area (Å²) in [6, 6.07) is 5.13. The molecular formula is C16H22N3O5P. The highest BCUT2D eigenvalue weighted by molar-refractivity contribution is 7.46. The van der Waals surface area contributed by atoms with Gasteiger partial charge in [0.05, 0.1) is 5.69 Å². The number of benzene rings is 1. The molecule has 3 rings (SSSR count). The lowest BCUT2D eigenvalue weighted by molar-refractivity contribution is -0.105. The Bertz CT molecular complexity index is 807. The van der Waals surface area contributed by atoms with Gasteiger partial charge in [-0.2, -0.15) is 0 Å². The molecule has 2 aromatic rings. The number of hydrogen-bond donors (Lipinski definition) is 4. The van der Waals surface area contributed by atoms with Crippen LogP contribution < -0.4 is 9.84 Å². The zero-order valence-corrected chi connectivity index (χ0v) is 14.8. The first-order valence-corrected chi connectivity index (χ1v) is 9.77. The Morgan fingerprint density at radius 1 is 1.40 bits per heavy atom. The normalized spacial score (nSPS) is 16.9. The van der Waals surface area contributed by atoms with Gasteiger partial charge in [-0.05, 0) is 50.7 Å². The van der Waals surface area contributed by atoms with Crippen molar-refractivity contribution in [2.24, 2.45) is 0 Å². The van der Waals surface area contributed by atoms with E-state index in [4.69, 9.17) is 4.52 Å². The minimum absolute atomic E-state index is 0.138.